The summed E-state index contributed by atoms with van der Waals surface area (Å²) in [7, 11) is 0. The standard InChI is InChI=1S/C19H18ClN3O2/c1-13-6-8-15(9-7-13)23-18(24)11-10-17(22-23)19(25)21-12-14-4-2-3-5-16(14)20/h2-9H,10-12H2,1H3,(H,21,25). The van der Waals surface area contributed by atoms with Gasteiger partial charge in [0.25, 0.3) is 5.91 Å². The van der Waals surface area contributed by atoms with Crippen molar-refractivity contribution in [2.45, 2.75) is 26.3 Å². The van der Waals surface area contributed by atoms with Crippen molar-refractivity contribution in [2.24, 2.45) is 5.10 Å². The van der Waals surface area contributed by atoms with Crippen LogP contribution in [0.4, 0.5) is 5.69 Å². The topological polar surface area (TPSA) is 61.8 Å². The van der Waals surface area contributed by atoms with Gasteiger partial charge in [0.1, 0.15) is 5.71 Å². The first-order valence-corrected chi connectivity index (χ1v) is 8.41. The molecule has 0 fully saturated rings. The van der Waals surface area contributed by atoms with Gasteiger partial charge in [-0.05, 0) is 30.7 Å². The van der Waals surface area contributed by atoms with E-state index < -0.39 is 0 Å². The zero-order chi connectivity index (χ0) is 17.8. The van der Waals surface area contributed by atoms with E-state index >= 15 is 0 Å². The molecule has 25 heavy (non-hydrogen) atoms. The van der Waals surface area contributed by atoms with Crippen molar-refractivity contribution in [2.75, 3.05) is 5.01 Å². The van der Waals surface area contributed by atoms with Gasteiger partial charge in [0.2, 0.25) is 5.91 Å². The highest BCUT2D eigenvalue weighted by atomic mass is 35.5. The summed E-state index contributed by atoms with van der Waals surface area (Å²) in [6, 6.07) is 14.8. The van der Waals surface area contributed by atoms with Crippen molar-refractivity contribution in [1.82, 2.24) is 5.32 Å². The molecule has 2 aromatic rings. The number of carbonyl (C=O) groups excluding carboxylic acids is 2. The average Bonchev–Trinajstić information content (AvgIpc) is 2.62. The van der Waals surface area contributed by atoms with Crippen LogP contribution < -0.4 is 10.3 Å². The second kappa shape index (κ2) is 7.49. The lowest BCUT2D eigenvalue weighted by atomic mass is 10.1. The number of amides is 2. The van der Waals surface area contributed by atoms with Crippen molar-refractivity contribution in [1.29, 1.82) is 0 Å². The van der Waals surface area contributed by atoms with E-state index in [0.29, 0.717) is 29.4 Å². The summed E-state index contributed by atoms with van der Waals surface area (Å²) in [5.41, 5.74) is 2.93. The van der Waals surface area contributed by atoms with Crippen LogP contribution in [0, 0.1) is 6.92 Å². The number of aryl methyl sites for hydroxylation is 1. The molecule has 0 saturated heterocycles. The minimum Gasteiger partial charge on any atom is -0.347 e. The van der Waals surface area contributed by atoms with Crippen LogP contribution in [-0.2, 0) is 16.1 Å². The first-order chi connectivity index (χ1) is 12.0. The van der Waals surface area contributed by atoms with Gasteiger partial charge in [0.15, 0.2) is 0 Å². The highest BCUT2D eigenvalue weighted by Crippen LogP contribution is 2.21. The van der Waals surface area contributed by atoms with E-state index in [0.717, 1.165) is 11.1 Å². The van der Waals surface area contributed by atoms with Gasteiger partial charge in [-0.15, -0.1) is 0 Å². The number of hydrogen-bond donors (Lipinski definition) is 1. The Labute approximate surface area is 151 Å². The normalized spacial score (nSPS) is 14.2. The van der Waals surface area contributed by atoms with Gasteiger partial charge in [0.05, 0.1) is 5.69 Å². The van der Waals surface area contributed by atoms with Gasteiger partial charge >= 0.3 is 0 Å². The maximum atomic E-state index is 12.4. The molecule has 0 bridgehead atoms. The quantitative estimate of drug-likeness (QED) is 0.913. The maximum absolute atomic E-state index is 12.4. The monoisotopic (exact) mass is 355 g/mol. The van der Waals surface area contributed by atoms with Crippen LogP contribution in [0.25, 0.3) is 0 Å². The maximum Gasteiger partial charge on any atom is 0.267 e. The van der Waals surface area contributed by atoms with Crippen molar-refractivity contribution in [3.8, 4) is 0 Å². The zero-order valence-electron chi connectivity index (χ0n) is 13.8. The van der Waals surface area contributed by atoms with Gasteiger partial charge in [-0.1, -0.05) is 47.5 Å². The van der Waals surface area contributed by atoms with E-state index in [9.17, 15) is 9.59 Å². The molecule has 1 heterocycles. The van der Waals surface area contributed by atoms with Crippen molar-refractivity contribution in [3.63, 3.8) is 0 Å². The number of benzene rings is 2. The van der Waals surface area contributed by atoms with Gasteiger partial charge < -0.3 is 5.32 Å². The molecular formula is C19H18ClN3O2. The van der Waals surface area contributed by atoms with Gasteiger partial charge in [-0.25, -0.2) is 5.01 Å². The Bertz CT molecular complexity index is 831. The number of nitrogens with one attached hydrogen (secondary N) is 1. The molecule has 1 aliphatic rings. The summed E-state index contributed by atoms with van der Waals surface area (Å²) in [6.45, 7) is 2.29. The molecule has 0 unspecified atom stereocenters. The van der Waals surface area contributed by atoms with Crippen LogP contribution in [-0.4, -0.2) is 17.5 Å². The number of anilines is 1. The fraction of sp³-hybridized carbons (Fsp3) is 0.211. The van der Waals surface area contributed by atoms with Crippen LogP contribution in [0.15, 0.2) is 53.6 Å². The molecule has 0 saturated carbocycles. The number of hydrazone groups is 1. The lowest BCUT2D eigenvalue weighted by molar-refractivity contribution is -0.119. The number of halogens is 1. The molecule has 0 atom stereocenters. The predicted octanol–water partition coefficient (Wildman–Crippen LogP) is 3.45. The van der Waals surface area contributed by atoms with Gasteiger partial charge in [0, 0.05) is 24.4 Å². The molecule has 5 nitrogen and oxygen atoms in total. The Morgan fingerprint density at radius 1 is 1.16 bits per heavy atom. The largest absolute Gasteiger partial charge is 0.347 e. The number of nitrogens with zero attached hydrogens (tertiary/aromatic N) is 2. The molecule has 2 amide bonds. The summed E-state index contributed by atoms with van der Waals surface area (Å²) in [5.74, 6) is -0.406. The first kappa shape index (κ1) is 17.2. The lowest BCUT2D eigenvalue weighted by Crippen LogP contribution is -2.38. The highest BCUT2D eigenvalue weighted by molar-refractivity contribution is 6.40. The molecule has 0 aliphatic carbocycles. The Hall–Kier alpha value is -2.66. The van der Waals surface area contributed by atoms with E-state index in [1.54, 1.807) is 6.07 Å². The fourth-order valence-electron chi connectivity index (χ4n) is 2.52. The molecule has 1 N–H and O–H groups in total. The third-order valence-electron chi connectivity index (χ3n) is 3.97. The second-order valence-corrected chi connectivity index (χ2v) is 6.27. The van der Waals surface area contributed by atoms with E-state index in [4.69, 9.17) is 11.6 Å². The predicted molar refractivity (Wildman–Crippen MR) is 98.6 cm³/mol. The Morgan fingerprint density at radius 3 is 2.60 bits per heavy atom. The summed E-state index contributed by atoms with van der Waals surface area (Å²) < 4.78 is 0. The summed E-state index contributed by atoms with van der Waals surface area (Å²) in [6.07, 6.45) is 0.585. The lowest BCUT2D eigenvalue weighted by Gasteiger charge is -2.23. The molecule has 1 aliphatic heterocycles. The summed E-state index contributed by atoms with van der Waals surface area (Å²) in [4.78, 5) is 24.5. The van der Waals surface area contributed by atoms with Crippen molar-refractivity contribution >= 4 is 34.8 Å². The molecule has 0 spiro atoms. The Morgan fingerprint density at radius 2 is 1.88 bits per heavy atom. The molecular weight excluding hydrogens is 338 g/mol. The van der Waals surface area contributed by atoms with Crippen LogP contribution in [0.2, 0.25) is 5.02 Å². The minimum atomic E-state index is -0.287. The molecule has 6 heteroatoms. The Balaban J connectivity index is 1.73. The van der Waals surface area contributed by atoms with Crippen LogP contribution in [0.3, 0.4) is 0 Å². The number of hydrogen-bond acceptors (Lipinski definition) is 3. The highest BCUT2D eigenvalue weighted by Gasteiger charge is 2.25. The van der Waals surface area contributed by atoms with E-state index in [2.05, 4.69) is 10.4 Å². The summed E-state index contributed by atoms with van der Waals surface area (Å²) >= 11 is 6.09. The third-order valence-corrected chi connectivity index (χ3v) is 4.34. The smallest absolute Gasteiger partial charge is 0.267 e. The van der Waals surface area contributed by atoms with Crippen LogP contribution in [0.5, 0.6) is 0 Å². The number of rotatable bonds is 4. The third kappa shape index (κ3) is 4.06. The second-order valence-electron chi connectivity index (χ2n) is 5.86. The minimum absolute atomic E-state index is 0.119. The van der Waals surface area contributed by atoms with Crippen LogP contribution in [0.1, 0.15) is 24.0 Å². The van der Waals surface area contributed by atoms with Gasteiger partial charge in [-0.3, -0.25) is 9.59 Å². The fourth-order valence-corrected chi connectivity index (χ4v) is 2.73. The van der Waals surface area contributed by atoms with E-state index in [-0.39, 0.29) is 18.2 Å². The summed E-state index contributed by atoms with van der Waals surface area (Å²) in [5, 5.41) is 8.97. The zero-order valence-corrected chi connectivity index (χ0v) is 14.6. The van der Waals surface area contributed by atoms with E-state index in [1.807, 2.05) is 49.4 Å². The molecule has 0 aromatic heterocycles. The first-order valence-electron chi connectivity index (χ1n) is 8.03. The van der Waals surface area contributed by atoms with Crippen molar-refractivity contribution in [3.05, 3.63) is 64.7 Å². The molecule has 2 aromatic carbocycles. The van der Waals surface area contributed by atoms with E-state index in [1.165, 1.54) is 5.01 Å². The molecule has 3 rings (SSSR count). The molecule has 128 valence electrons. The average molecular weight is 356 g/mol. The Kier molecular flexibility index (Phi) is 5.14. The van der Waals surface area contributed by atoms with Crippen molar-refractivity contribution < 1.29 is 9.59 Å². The SMILES string of the molecule is Cc1ccc(N2N=C(C(=O)NCc3ccccc3Cl)CCC2=O)cc1. The van der Waals surface area contributed by atoms with Gasteiger partial charge in [-0.2, -0.15) is 5.10 Å². The molecule has 0 radical (unpaired) electrons. The number of carbonyl (C=O) groups is 2. The van der Waals surface area contributed by atoms with Crippen LogP contribution >= 0.6 is 11.6 Å².